The first-order valence-corrected chi connectivity index (χ1v) is 5.86. The maximum absolute atomic E-state index is 10.0. The molecule has 1 fully saturated rings. The highest BCUT2D eigenvalue weighted by Crippen LogP contribution is 2.30. The van der Waals surface area contributed by atoms with Crippen LogP contribution in [0.25, 0.3) is 0 Å². The van der Waals surface area contributed by atoms with Crippen molar-refractivity contribution in [2.24, 2.45) is 0 Å². The maximum atomic E-state index is 10.0. The van der Waals surface area contributed by atoms with Crippen molar-refractivity contribution in [1.82, 2.24) is 0 Å². The molecule has 0 aromatic rings. The van der Waals surface area contributed by atoms with E-state index >= 15 is 0 Å². The van der Waals surface area contributed by atoms with Crippen molar-refractivity contribution in [3.05, 3.63) is 0 Å². The molecule has 102 valence electrons. The number of ether oxygens (including phenoxy) is 4. The van der Waals surface area contributed by atoms with Crippen LogP contribution in [0.5, 0.6) is 0 Å². The number of hydrogen-bond donors (Lipinski definition) is 1. The van der Waals surface area contributed by atoms with E-state index in [1.807, 2.05) is 0 Å². The van der Waals surface area contributed by atoms with Crippen LogP contribution in [0.4, 0.5) is 0 Å². The normalized spacial score (nSPS) is 34.9. The molecular weight excluding hydrogens is 224 g/mol. The monoisotopic (exact) mass is 248 g/mol. The standard InChI is InChI=1S/C12H24O5/c1-12(2,13)10-6-8(15-4)11(16-5)9(17-10)7-14-3/h8-11,13H,6-7H2,1-5H3/t8-,9-,10-,11+/m1/s1. The van der Waals surface area contributed by atoms with E-state index in [1.54, 1.807) is 35.2 Å². The van der Waals surface area contributed by atoms with Gasteiger partial charge in [-0.15, -0.1) is 0 Å². The molecule has 1 heterocycles. The van der Waals surface area contributed by atoms with Crippen LogP contribution in [-0.4, -0.2) is 63.1 Å². The van der Waals surface area contributed by atoms with Crippen molar-refractivity contribution in [1.29, 1.82) is 0 Å². The lowest BCUT2D eigenvalue weighted by molar-refractivity contribution is -0.231. The van der Waals surface area contributed by atoms with Crippen LogP contribution in [0.1, 0.15) is 20.3 Å². The Morgan fingerprint density at radius 3 is 2.29 bits per heavy atom. The molecule has 4 atom stereocenters. The Morgan fingerprint density at radius 2 is 1.88 bits per heavy atom. The van der Waals surface area contributed by atoms with Crippen molar-refractivity contribution in [2.75, 3.05) is 27.9 Å². The van der Waals surface area contributed by atoms with E-state index in [2.05, 4.69) is 0 Å². The summed E-state index contributed by atoms with van der Waals surface area (Å²) < 4.78 is 21.8. The van der Waals surface area contributed by atoms with Gasteiger partial charge < -0.3 is 24.1 Å². The Morgan fingerprint density at radius 1 is 1.24 bits per heavy atom. The van der Waals surface area contributed by atoms with Crippen molar-refractivity contribution in [3.8, 4) is 0 Å². The average molecular weight is 248 g/mol. The first kappa shape index (κ1) is 14.9. The zero-order valence-corrected chi connectivity index (χ0v) is 11.3. The molecule has 0 saturated carbocycles. The lowest BCUT2D eigenvalue weighted by atomic mass is 9.89. The molecule has 5 nitrogen and oxygen atoms in total. The molecule has 1 N–H and O–H groups in total. The molecular formula is C12H24O5. The maximum Gasteiger partial charge on any atom is 0.112 e. The molecule has 1 rings (SSSR count). The quantitative estimate of drug-likeness (QED) is 0.771. The molecule has 0 aromatic heterocycles. The first-order chi connectivity index (χ1) is 7.93. The molecule has 0 bridgehead atoms. The van der Waals surface area contributed by atoms with Gasteiger partial charge in [-0.3, -0.25) is 0 Å². The van der Waals surface area contributed by atoms with Crippen LogP contribution in [0.2, 0.25) is 0 Å². The van der Waals surface area contributed by atoms with Gasteiger partial charge in [-0.1, -0.05) is 0 Å². The van der Waals surface area contributed by atoms with Crippen LogP contribution in [0, 0.1) is 0 Å². The van der Waals surface area contributed by atoms with Gasteiger partial charge in [0.1, 0.15) is 12.2 Å². The van der Waals surface area contributed by atoms with Gasteiger partial charge in [0.15, 0.2) is 0 Å². The molecule has 0 spiro atoms. The van der Waals surface area contributed by atoms with E-state index in [0.29, 0.717) is 13.0 Å². The molecule has 1 aliphatic heterocycles. The third-order valence-corrected chi connectivity index (χ3v) is 3.21. The number of hydrogen-bond acceptors (Lipinski definition) is 5. The summed E-state index contributed by atoms with van der Waals surface area (Å²) in [6.07, 6.45) is -0.151. The van der Waals surface area contributed by atoms with Gasteiger partial charge in [0, 0.05) is 27.8 Å². The number of methoxy groups -OCH3 is 3. The number of rotatable bonds is 5. The van der Waals surface area contributed by atoms with Gasteiger partial charge >= 0.3 is 0 Å². The summed E-state index contributed by atoms with van der Waals surface area (Å²) in [6.45, 7) is 3.90. The summed E-state index contributed by atoms with van der Waals surface area (Å²) in [5, 5.41) is 10.0. The lowest BCUT2D eigenvalue weighted by Crippen LogP contribution is -2.56. The summed E-state index contributed by atoms with van der Waals surface area (Å²) in [5.74, 6) is 0. The molecule has 0 amide bonds. The van der Waals surface area contributed by atoms with Crippen molar-refractivity contribution < 1.29 is 24.1 Å². The van der Waals surface area contributed by atoms with Crippen LogP contribution >= 0.6 is 0 Å². The zero-order chi connectivity index (χ0) is 13.1. The Balaban J connectivity index is 2.79. The first-order valence-electron chi connectivity index (χ1n) is 5.86. The van der Waals surface area contributed by atoms with Crippen molar-refractivity contribution >= 4 is 0 Å². The highest BCUT2D eigenvalue weighted by molar-refractivity contribution is 4.93. The predicted octanol–water partition coefficient (Wildman–Crippen LogP) is 0.591. The minimum Gasteiger partial charge on any atom is -0.388 e. The van der Waals surface area contributed by atoms with E-state index in [4.69, 9.17) is 18.9 Å². The molecule has 1 saturated heterocycles. The van der Waals surface area contributed by atoms with Gasteiger partial charge in [0.2, 0.25) is 0 Å². The minimum atomic E-state index is -0.901. The fourth-order valence-corrected chi connectivity index (χ4v) is 2.22. The van der Waals surface area contributed by atoms with Crippen LogP contribution in [0.15, 0.2) is 0 Å². The fourth-order valence-electron chi connectivity index (χ4n) is 2.22. The summed E-state index contributed by atoms with van der Waals surface area (Å²) in [5.41, 5.74) is -0.901. The number of aliphatic hydroxyl groups is 1. The van der Waals surface area contributed by atoms with Gasteiger partial charge in [-0.25, -0.2) is 0 Å². The van der Waals surface area contributed by atoms with E-state index in [9.17, 15) is 5.11 Å². The van der Waals surface area contributed by atoms with Gasteiger partial charge in [0.25, 0.3) is 0 Å². The van der Waals surface area contributed by atoms with Gasteiger partial charge in [-0.2, -0.15) is 0 Å². The summed E-state index contributed by atoms with van der Waals surface area (Å²) in [6, 6.07) is 0. The highest BCUT2D eigenvalue weighted by atomic mass is 16.6. The third kappa shape index (κ3) is 3.63. The predicted molar refractivity (Wildman–Crippen MR) is 63.0 cm³/mol. The highest BCUT2D eigenvalue weighted by Gasteiger charge is 2.44. The Bertz CT molecular complexity index is 225. The van der Waals surface area contributed by atoms with Crippen molar-refractivity contribution in [3.63, 3.8) is 0 Å². The molecule has 17 heavy (non-hydrogen) atoms. The van der Waals surface area contributed by atoms with Crippen LogP contribution in [0.3, 0.4) is 0 Å². The minimum absolute atomic E-state index is 0.0923. The second-order valence-corrected chi connectivity index (χ2v) is 4.98. The second kappa shape index (κ2) is 6.11. The van der Waals surface area contributed by atoms with E-state index in [0.717, 1.165) is 0 Å². The molecule has 0 radical (unpaired) electrons. The molecule has 0 unspecified atom stereocenters. The SMILES string of the molecule is COC[C@H]1O[C@@H](C(C)(C)O)C[C@@H](OC)[C@@H]1OC. The average Bonchev–Trinajstić information content (AvgIpc) is 2.27. The smallest absolute Gasteiger partial charge is 0.112 e. The van der Waals surface area contributed by atoms with E-state index in [-0.39, 0.29) is 24.4 Å². The molecule has 1 aliphatic rings. The third-order valence-electron chi connectivity index (χ3n) is 3.21. The topological polar surface area (TPSA) is 57.2 Å². The van der Waals surface area contributed by atoms with Crippen LogP contribution in [-0.2, 0) is 18.9 Å². The second-order valence-electron chi connectivity index (χ2n) is 4.98. The Kier molecular flexibility index (Phi) is 5.34. The van der Waals surface area contributed by atoms with E-state index < -0.39 is 5.60 Å². The van der Waals surface area contributed by atoms with Gasteiger partial charge in [-0.05, 0) is 13.8 Å². The summed E-state index contributed by atoms with van der Waals surface area (Å²) in [4.78, 5) is 0. The largest absolute Gasteiger partial charge is 0.388 e. The van der Waals surface area contributed by atoms with E-state index in [1.165, 1.54) is 0 Å². The Hall–Kier alpha value is -0.200. The zero-order valence-electron chi connectivity index (χ0n) is 11.3. The van der Waals surface area contributed by atoms with Crippen molar-refractivity contribution in [2.45, 2.75) is 50.3 Å². The fraction of sp³-hybridized carbons (Fsp3) is 1.00. The summed E-state index contributed by atoms with van der Waals surface area (Å²) >= 11 is 0. The molecule has 0 aliphatic carbocycles. The lowest BCUT2D eigenvalue weighted by Gasteiger charge is -2.44. The molecule has 0 aromatic carbocycles. The van der Waals surface area contributed by atoms with Crippen LogP contribution < -0.4 is 0 Å². The summed E-state index contributed by atoms with van der Waals surface area (Å²) in [7, 11) is 4.89. The molecule has 5 heteroatoms. The Labute approximate surface area is 103 Å². The van der Waals surface area contributed by atoms with Gasteiger partial charge in [0.05, 0.1) is 24.4 Å².